The van der Waals surface area contributed by atoms with Crippen LogP contribution in [0.1, 0.15) is 36.1 Å². The molecule has 0 spiro atoms. The van der Waals surface area contributed by atoms with Crippen molar-refractivity contribution in [3.63, 3.8) is 0 Å². The number of aryl methyl sites for hydroxylation is 4. The summed E-state index contributed by atoms with van der Waals surface area (Å²) >= 11 is 0. The summed E-state index contributed by atoms with van der Waals surface area (Å²) in [4.78, 5) is 0. The Kier molecular flexibility index (Phi) is 7.67. The number of rotatable bonds is 6. The Morgan fingerprint density at radius 3 is 0.946 bits per heavy atom. The summed E-state index contributed by atoms with van der Waals surface area (Å²) in [5, 5.41) is 5.47. The highest BCUT2D eigenvalue weighted by Gasteiger charge is 2.50. The highest BCUT2D eigenvalue weighted by molar-refractivity contribution is 7.77. The molecule has 0 bridgehead atoms. The summed E-state index contributed by atoms with van der Waals surface area (Å²) in [6, 6.07) is 35.3. The number of hydrogen-bond acceptors (Lipinski definition) is 2. The van der Waals surface area contributed by atoms with Crippen LogP contribution in [0.15, 0.2) is 97.1 Å². The van der Waals surface area contributed by atoms with Gasteiger partial charge < -0.3 is 9.47 Å². The first-order chi connectivity index (χ1) is 17.8. The summed E-state index contributed by atoms with van der Waals surface area (Å²) in [7, 11) is -1.71. The molecular weight excluding hydrogens is 490 g/mol. The molecule has 190 valence electrons. The minimum absolute atomic E-state index is 0.0856. The first kappa shape index (κ1) is 26.3. The predicted octanol–water partition coefficient (Wildman–Crippen LogP) is 6.92. The van der Waals surface area contributed by atoms with E-state index in [9.17, 15) is 0 Å². The molecule has 0 N–H and O–H groups in total. The van der Waals surface area contributed by atoms with E-state index in [-0.39, 0.29) is 11.7 Å². The second-order valence-electron chi connectivity index (χ2n) is 10.3. The third kappa shape index (κ3) is 5.32. The van der Waals surface area contributed by atoms with Crippen molar-refractivity contribution in [2.24, 2.45) is 0 Å². The summed E-state index contributed by atoms with van der Waals surface area (Å²) in [6.07, 6.45) is 0. The van der Waals surface area contributed by atoms with Gasteiger partial charge in [0.2, 0.25) is 0 Å². The average molecular weight is 527 g/mol. The van der Waals surface area contributed by atoms with Gasteiger partial charge in [-0.1, -0.05) is 97.1 Å². The highest BCUT2D eigenvalue weighted by atomic mass is 31.1. The minimum atomic E-state index is -0.855. The van der Waals surface area contributed by atoms with Crippen LogP contribution in [-0.2, 0) is 9.47 Å². The van der Waals surface area contributed by atoms with Gasteiger partial charge in [0, 0.05) is 0 Å². The van der Waals surface area contributed by atoms with E-state index in [1.807, 2.05) is 0 Å². The lowest BCUT2D eigenvalue weighted by Gasteiger charge is -2.35. The molecule has 0 unspecified atom stereocenters. The van der Waals surface area contributed by atoms with Crippen LogP contribution in [0.25, 0.3) is 0 Å². The molecule has 1 saturated heterocycles. The largest absolute Gasteiger partial charge is 0.339 e. The maximum atomic E-state index is 6.97. The standard InChI is InChI=1S/C33H36O2P2/c1-23-15-7-11-19-27(23)36(28-20-12-8-16-24(28)2)31-32(35-33(5,6)34-31)37(29-21-13-9-17-25(29)3)30-22-14-10-18-26(30)4/h7-22,31-32H,1-6H3/t31-,32-/m0/s1. The van der Waals surface area contributed by atoms with Crippen LogP contribution in [0.3, 0.4) is 0 Å². The van der Waals surface area contributed by atoms with Gasteiger partial charge in [0.25, 0.3) is 0 Å². The zero-order valence-corrected chi connectivity index (χ0v) is 24.4. The van der Waals surface area contributed by atoms with Crippen LogP contribution in [0.5, 0.6) is 0 Å². The van der Waals surface area contributed by atoms with Crippen molar-refractivity contribution >= 4 is 37.1 Å². The number of hydrogen-bond donors (Lipinski definition) is 0. The first-order valence-electron chi connectivity index (χ1n) is 12.9. The molecule has 4 heteroatoms. The fourth-order valence-corrected chi connectivity index (χ4v) is 11.8. The van der Waals surface area contributed by atoms with Gasteiger partial charge in [-0.05, 0) is 101 Å². The average Bonchev–Trinajstić information content (AvgIpc) is 3.18. The van der Waals surface area contributed by atoms with E-state index in [0.717, 1.165) is 0 Å². The topological polar surface area (TPSA) is 18.5 Å². The quantitative estimate of drug-likeness (QED) is 0.254. The Labute approximate surface area is 224 Å². The molecule has 1 heterocycles. The van der Waals surface area contributed by atoms with Gasteiger partial charge in [0.1, 0.15) is 11.7 Å². The van der Waals surface area contributed by atoms with E-state index in [2.05, 4.69) is 139 Å². The van der Waals surface area contributed by atoms with Crippen LogP contribution in [0.2, 0.25) is 0 Å². The maximum Gasteiger partial charge on any atom is 0.164 e. The van der Waals surface area contributed by atoms with Crippen LogP contribution in [-0.4, -0.2) is 17.5 Å². The van der Waals surface area contributed by atoms with Gasteiger partial charge in [-0.3, -0.25) is 0 Å². The SMILES string of the molecule is Cc1ccccc1P(c1ccccc1C)[C@@H]1OC(C)(C)O[C@H]1P(c1ccccc1C)c1ccccc1C. The summed E-state index contributed by atoms with van der Waals surface area (Å²) in [6.45, 7) is 13.1. The van der Waals surface area contributed by atoms with Gasteiger partial charge in [-0.2, -0.15) is 0 Å². The van der Waals surface area contributed by atoms with Gasteiger partial charge in [-0.25, -0.2) is 0 Å². The zero-order chi connectivity index (χ0) is 26.2. The molecular formula is C33H36O2P2. The Morgan fingerprint density at radius 2 is 0.703 bits per heavy atom. The summed E-state index contributed by atoms with van der Waals surface area (Å²) in [5.41, 5.74) is 5.22. The van der Waals surface area contributed by atoms with Crippen molar-refractivity contribution in [3.05, 3.63) is 119 Å². The molecule has 1 aliphatic heterocycles. The van der Waals surface area contributed by atoms with E-state index < -0.39 is 21.6 Å². The molecule has 0 aromatic heterocycles. The molecule has 0 saturated carbocycles. The van der Waals surface area contributed by atoms with E-state index in [1.54, 1.807) is 0 Å². The van der Waals surface area contributed by atoms with Crippen molar-refractivity contribution < 1.29 is 9.47 Å². The van der Waals surface area contributed by atoms with Crippen LogP contribution in [0, 0.1) is 27.7 Å². The lowest BCUT2D eigenvalue weighted by Crippen LogP contribution is -2.35. The van der Waals surface area contributed by atoms with Crippen molar-refractivity contribution in [1.29, 1.82) is 0 Å². The molecule has 2 nitrogen and oxygen atoms in total. The van der Waals surface area contributed by atoms with Gasteiger partial charge in [0.05, 0.1) is 0 Å². The monoisotopic (exact) mass is 526 g/mol. The second kappa shape index (κ2) is 10.8. The third-order valence-electron chi connectivity index (χ3n) is 7.06. The van der Waals surface area contributed by atoms with Crippen LogP contribution >= 0.6 is 15.8 Å². The van der Waals surface area contributed by atoms with Crippen molar-refractivity contribution in [2.75, 3.05) is 0 Å². The van der Waals surface area contributed by atoms with Crippen LogP contribution < -0.4 is 21.2 Å². The Bertz CT molecular complexity index is 1200. The first-order valence-corrected chi connectivity index (χ1v) is 15.8. The third-order valence-corrected chi connectivity index (χ3v) is 13.2. The molecule has 1 aliphatic rings. The normalized spacial score (nSPS) is 19.0. The molecule has 0 amide bonds. The van der Waals surface area contributed by atoms with E-state index in [0.29, 0.717) is 0 Å². The predicted molar refractivity (Wildman–Crippen MR) is 161 cm³/mol. The van der Waals surface area contributed by atoms with Gasteiger partial charge in [0.15, 0.2) is 5.79 Å². The Balaban J connectivity index is 1.75. The van der Waals surface area contributed by atoms with Gasteiger partial charge in [-0.15, -0.1) is 0 Å². The highest BCUT2D eigenvalue weighted by Crippen LogP contribution is 2.58. The minimum Gasteiger partial charge on any atom is -0.339 e. The Morgan fingerprint density at radius 1 is 0.459 bits per heavy atom. The van der Waals surface area contributed by atoms with Gasteiger partial charge >= 0.3 is 0 Å². The molecule has 2 atom stereocenters. The van der Waals surface area contributed by atoms with Crippen molar-refractivity contribution in [3.8, 4) is 0 Å². The molecule has 0 radical (unpaired) electrons. The number of benzene rings is 4. The number of ether oxygens (including phenoxy) is 2. The summed E-state index contributed by atoms with van der Waals surface area (Å²) < 4.78 is 13.9. The van der Waals surface area contributed by atoms with Crippen molar-refractivity contribution in [1.82, 2.24) is 0 Å². The van der Waals surface area contributed by atoms with E-state index in [4.69, 9.17) is 9.47 Å². The molecule has 1 fully saturated rings. The molecule has 5 rings (SSSR count). The van der Waals surface area contributed by atoms with Crippen molar-refractivity contribution in [2.45, 2.75) is 59.0 Å². The smallest absolute Gasteiger partial charge is 0.164 e. The molecule has 4 aromatic rings. The Hall–Kier alpha value is -2.34. The molecule has 4 aromatic carbocycles. The second-order valence-corrected chi connectivity index (χ2v) is 14.7. The summed E-state index contributed by atoms with van der Waals surface area (Å²) in [5.74, 6) is -0.845. The lowest BCUT2D eigenvalue weighted by atomic mass is 10.2. The van der Waals surface area contributed by atoms with E-state index in [1.165, 1.54) is 43.5 Å². The zero-order valence-electron chi connectivity index (χ0n) is 22.6. The molecule has 0 aliphatic carbocycles. The lowest BCUT2D eigenvalue weighted by molar-refractivity contribution is -0.133. The molecule has 37 heavy (non-hydrogen) atoms. The van der Waals surface area contributed by atoms with E-state index >= 15 is 0 Å². The van der Waals surface area contributed by atoms with Crippen LogP contribution in [0.4, 0.5) is 0 Å². The fraction of sp³-hybridized carbons (Fsp3) is 0.273. The fourth-order valence-electron chi connectivity index (χ4n) is 5.23. The maximum absolute atomic E-state index is 6.97.